The van der Waals surface area contributed by atoms with E-state index in [1.165, 1.54) is 15.6 Å². The Bertz CT molecular complexity index is 860. The van der Waals surface area contributed by atoms with Crippen molar-refractivity contribution in [2.45, 2.75) is 24.8 Å². The lowest BCUT2D eigenvalue weighted by atomic mass is 10.2. The van der Waals surface area contributed by atoms with Gasteiger partial charge in [-0.1, -0.05) is 0 Å². The van der Waals surface area contributed by atoms with E-state index in [1.807, 2.05) is 6.92 Å². The molecular formula is C16H20N2O4S2. The molecule has 1 aromatic carbocycles. The van der Waals surface area contributed by atoms with Gasteiger partial charge in [0.15, 0.2) is 0 Å². The van der Waals surface area contributed by atoms with Crippen LogP contribution in [0.1, 0.15) is 23.5 Å². The van der Waals surface area contributed by atoms with E-state index >= 15 is 0 Å². The summed E-state index contributed by atoms with van der Waals surface area (Å²) < 4.78 is 33.0. The Morgan fingerprint density at radius 2 is 2.21 bits per heavy atom. The molecule has 0 unspecified atom stereocenters. The highest BCUT2D eigenvalue weighted by Crippen LogP contribution is 2.29. The SMILES string of the molecule is CCOC(=O)c1cc2cc(S(=O)(=O)N3CCN[C@H](C)C3)ccc2s1. The van der Waals surface area contributed by atoms with Crippen LogP contribution in [0.3, 0.4) is 0 Å². The molecule has 0 saturated carbocycles. The van der Waals surface area contributed by atoms with E-state index in [2.05, 4.69) is 5.32 Å². The molecule has 6 nitrogen and oxygen atoms in total. The molecule has 1 aliphatic heterocycles. The molecule has 1 atom stereocenters. The summed E-state index contributed by atoms with van der Waals surface area (Å²) in [6.45, 7) is 5.60. The molecule has 0 aliphatic carbocycles. The summed E-state index contributed by atoms with van der Waals surface area (Å²) in [5.41, 5.74) is 0. The van der Waals surface area contributed by atoms with E-state index in [4.69, 9.17) is 4.74 Å². The fraction of sp³-hybridized carbons (Fsp3) is 0.438. The van der Waals surface area contributed by atoms with Gasteiger partial charge in [0.1, 0.15) is 4.88 Å². The van der Waals surface area contributed by atoms with Gasteiger partial charge in [0.2, 0.25) is 10.0 Å². The summed E-state index contributed by atoms with van der Waals surface area (Å²) >= 11 is 1.31. The lowest BCUT2D eigenvalue weighted by molar-refractivity contribution is 0.0532. The van der Waals surface area contributed by atoms with Crippen molar-refractivity contribution in [3.8, 4) is 0 Å². The maximum atomic E-state index is 12.8. The summed E-state index contributed by atoms with van der Waals surface area (Å²) in [5.74, 6) is -0.376. The lowest BCUT2D eigenvalue weighted by Gasteiger charge is -2.31. The van der Waals surface area contributed by atoms with Gasteiger partial charge >= 0.3 is 5.97 Å². The van der Waals surface area contributed by atoms with Gasteiger partial charge < -0.3 is 10.1 Å². The van der Waals surface area contributed by atoms with Crippen molar-refractivity contribution in [3.63, 3.8) is 0 Å². The van der Waals surface area contributed by atoms with Gasteiger partial charge in [-0.2, -0.15) is 4.31 Å². The van der Waals surface area contributed by atoms with Gasteiger partial charge in [-0.05, 0) is 43.5 Å². The van der Waals surface area contributed by atoms with Crippen LogP contribution in [0.25, 0.3) is 10.1 Å². The smallest absolute Gasteiger partial charge is 0.348 e. The molecule has 1 saturated heterocycles. The van der Waals surface area contributed by atoms with E-state index in [-0.39, 0.29) is 16.9 Å². The average Bonchev–Trinajstić information content (AvgIpc) is 2.98. The molecule has 0 spiro atoms. The number of sulfonamides is 1. The van der Waals surface area contributed by atoms with Crippen molar-refractivity contribution in [1.82, 2.24) is 9.62 Å². The van der Waals surface area contributed by atoms with Crippen LogP contribution < -0.4 is 5.32 Å². The topological polar surface area (TPSA) is 75.7 Å². The molecule has 0 radical (unpaired) electrons. The van der Waals surface area contributed by atoms with Crippen LogP contribution >= 0.6 is 11.3 Å². The number of fused-ring (bicyclic) bond motifs is 1. The van der Waals surface area contributed by atoms with Gasteiger partial charge in [0, 0.05) is 30.4 Å². The summed E-state index contributed by atoms with van der Waals surface area (Å²) in [6.07, 6.45) is 0. The van der Waals surface area contributed by atoms with E-state index in [1.54, 1.807) is 31.2 Å². The standard InChI is InChI=1S/C16H20N2O4S2/c1-3-22-16(19)15-9-12-8-13(4-5-14(12)23-15)24(20,21)18-7-6-17-11(2)10-18/h4-5,8-9,11,17H,3,6-7,10H2,1-2H3/t11-/m1/s1. The summed E-state index contributed by atoms with van der Waals surface area (Å²) in [4.78, 5) is 12.6. The summed E-state index contributed by atoms with van der Waals surface area (Å²) in [6, 6.07) is 6.82. The fourth-order valence-corrected chi connectivity index (χ4v) is 5.25. The minimum Gasteiger partial charge on any atom is -0.462 e. The number of piperazine rings is 1. The van der Waals surface area contributed by atoms with Crippen LogP contribution in [0.2, 0.25) is 0 Å². The first kappa shape index (κ1) is 17.3. The first-order valence-corrected chi connectivity index (χ1v) is 10.1. The molecule has 3 rings (SSSR count). The molecule has 0 bridgehead atoms. The second kappa shape index (κ2) is 6.79. The number of nitrogens with one attached hydrogen (secondary N) is 1. The third-order valence-electron chi connectivity index (χ3n) is 3.93. The molecule has 2 aromatic rings. The molecule has 1 N–H and O–H groups in total. The van der Waals surface area contributed by atoms with Crippen molar-refractivity contribution < 1.29 is 17.9 Å². The largest absolute Gasteiger partial charge is 0.462 e. The van der Waals surface area contributed by atoms with Crippen molar-refractivity contribution in [2.24, 2.45) is 0 Å². The molecule has 24 heavy (non-hydrogen) atoms. The minimum absolute atomic E-state index is 0.133. The predicted molar refractivity (Wildman–Crippen MR) is 94.0 cm³/mol. The molecule has 1 fully saturated rings. The molecule has 1 aliphatic rings. The minimum atomic E-state index is -3.53. The zero-order chi connectivity index (χ0) is 17.3. The Morgan fingerprint density at radius 3 is 2.92 bits per heavy atom. The van der Waals surface area contributed by atoms with Crippen LogP contribution in [0.5, 0.6) is 0 Å². The van der Waals surface area contributed by atoms with Gasteiger partial charge in [-0.15, -0.1) is 11.3 Å². The number of hydrogen-bond acceptors (Lipinski definition) is 6. The number of thiophene rings is 1. The third-order valence-corrected chi connectivity index (χ3v) is 6.89. The van der Waals surface area contributed by atoms with Gasteiger partial charge in [0.25, 0.3) is 0 Å². The quantitative estimate of drug-likeness (QED) is 0.836. The van der Waals surface area contributed by atoms with Crippen LogP contribution in [-0.2, 0) is 14.8 Å². The third kappa shape index (κ3) is 3.32. The molecule has 1 aromatic heterocycles. The van der Waals surface area contributed by atoms with Gasteiger partial charge in [0.05, 0.1) is 11.5 Å². The zero-order valence-corrected chi connectivity index (χ0v) is 15.2. The van der Waals surface area contributed by atoms with E-state index < -0.39 is 10.0 Å². The number of esters is 1. The lowest BCUT2D eigenvalue weighted by Crippen LogP contribution is -2.51. The highest BCUT2D eigenvalue weighted by molar-refractivity contribution is 7.89. The van der Waals surface area contributed by atoms with Crippen molar-refractivity contribution in [3.05, 3.63) is 29.1 Å². The molecule has 2 heterocycles. The van der Waals surface area contributed by atoms with Crippen LogP contribution in [0, 0.1) is 0 Å². The average molecular weight is 368 g/mol. The van der Waals surface area contributed by atoms with Gasteiger partial charge in [-0.3, -0.25) is 0 Å². The summed E-state index contributed by atoms with van der Waals surface area (Å²) in [5, 5.41) is 3.98. The zero-order valence-electron chi connectivity index (χ0n) is 13.6. The molecular weight excluding hydrogens is 348 g/mol. The predicted octanol–water partition coefficient (Wildman–Crippen LogP) is 2.06. The Labute approximate surface area is 145 Å². The molecule has 8 heteroatoms. The number of hydrogen-bond donors (Lipinski definition) is 1. The maximum Gasteiger partial charge on any atom is 0.348 e. The summed E-state index contributed by atoms with van der Waals surface area (Å²) in [7, 11) is -3.53. The monoisotopic (exact) mass is 368 g/mol. The number of ether oxygens (including phenoxy) is 1. The number of benzene rings is 1. The molecule has 0 amide bonds. The Hall–Kier alpha value is -1.48. The first-order chi connectivity index (χ1) is 11.4. The highest BCUT2D eigenvalue weighted by atomic mass is 32.2. The fourth-order valence-electron chi connectivity index (χ4n) is 2.75. The van der Waals surface area contributed by atoms with Crippen molar-refractivity contribution in [2.75, 3.05) is 26.2 Å². The van der Waals surface area contributed by atoms with Crippen LogP contribution in [0.4, 0.5) is 0 Å². The van der Waals surface area contributed by atoms with E-state index in [0.717, 1.165) is 10.1 Å². The van der Waals surface area contributed by atoms with Gasteiger partial charge in [-0.25, -0.2) is 13.2 Å². The van der Waals surface area contributed by atoms with E-state index in [0.29, 0.717) is 31.1 Å². The first-order valence-electron chi connectivity index (χ1n) is 7.86. The Balaban J connectivity index is 1.93. The van der Waals surface area contributed by atoms with Crippen molar-refractivity contribution >= 4 is 37.4 Å². The Morgan fingerprint density at radius 1 is 1.42 bits per heavy atom. The van der Waals surface area contributed by atoms with Crippen LogP contribution in [0.15, 0.2) is 29.2 Å². The second-order valence-corrected chi connectivity index (χ2v) is 8.77. The number of nitrogens with zero attached hydrogens (tertiary/aromatic N) is 1. The highest BCUT2D eigenvalue weighted by Gasteiger charge is 2.28. The number of carbonyl (C=O) groups is 1. The maximum absolute atomic E-state index is 12.8. The second-order valence-electron chi connectivity index (χ2n) is 5.75. The van der Waals surface area contributed by atoms with Crippen molar-refractivity contribution in [1.29, 1.82) is 0 Å². The number of carbonyl (C=O) groups excluding carboxylic acids is 1. The van der Waals surface area contributed by atoms with Crippen LogP contribution in [-0.4, -0.2) is 51.0 Å². The molecule has 130 valence electrons. The normalized spacial score (nSPS) is 19.5. The Kier molecular flexibility index (Phi) is 4.91. The van der Waals surface area contributed by atoms with E-state index in [9.17, 15) is 13.2 Å². The number of rotatable bonds is 4.